The first kappa shape index (κ1) is 20.7. The maximum atomic E-state index is 3.25. The van der Waals surface area contributed by atoms with Crippen molar-refractivity contribution in [2.24, 2.45) is 0 Å². The van der Waals surface area contributed by atoms with Crippen LogP contribution in [0.5, 0.6) is 0 Å². The molecule has 0 saturated carbocycles. The fraction of sp³-hybridized carbons (Fsp3) is 0.118. The van der Waals surface area contributed by atoms with Crippen LogP contribution in [-0.4, -0.2) is 6.88 Å². The zero-order valence-corrected chi connectivity index (χ0v) is 15.1. The van der Waals surface area contributed by atoms with E-state index in [0.29, 0.717) is 0 Å². The van der Waals surface area contributed by atoms with E-state index in [1.807, 2.05) is 12.2 Å². The molecule has 1 aliphatic rings. The van der Waals surface area contributed by atoms with E-state index in [1.54, 1.807) is 6.92 Å². The molecule has 1 aliphatic carbocycles. The summed E-state index contributed by atoms with van der Waals surface area (Å²) in [5, 5.41) is 2.66. The van der Waals surface area contributed by atoms with Gasteiger partial charge in [-0.3, -0.25) is 6.08 Å². The van der Waals surface area contributed by atoms with Gasteiger partial charge < -0.3 is 14.4 Å². The largest absolute Gasteiger partial charge is 0.168 e. The summed E-state index contributed by atoms with van der Waals surface area (Å²) in [5.74, 6) is 0. The maximum Gasteiger partial charge on any atom is -0.0809 e. The van der Waals surface area contributed by atoms with Gasteiger partial charge in [-0.05, 0) is 0 Å². The van der Waals surface area contributed by atoms with Crippen molar-refractivity contribution in [1.82, 2.24) is 0 Å². The van der Waals surface area contributed by atoms with Crippen molar-refractivity contribution < 1.29 is 23.3 Å². The first-order valence-corrected chi connectivity index (χ1v) is 9.93. The molecule has 100 valence electrons. The monoisotopic (exact) mass is 342 g/mol. The van der Waals surface area contributed by atoms with Gasteiger partial charge in [0.05, 0.1) is 0 Å². The van der Waals surface area contributed by atoms with E-state index in [-0.39, 0.29) is 7.43 Å². The van der Waals surface area contributed by atoms with Crippen molar-refractivity contribution in [2.75, 3.05) is 0 Å². The Labute approximate surface area is 135 Å². The number of benzene rings is 1. The molecule has 0 fully saturated rings. The molecule has 0 unspecified atom stereocenters. The Morgan fingerprint density at radius 1 is 1.21 bits per heavy atom. The smallest absolute Gasteiger partial charge is 0.0809 e. The van der Waals surface area contributed by atoms with Crippen molar-refractivity contribution in [2.45, 2.75) is 13.3 Å². The molecular formula is C17H20SiZr-4. The summed E-state index contributed by atoms with van der Waals surface area (Å²) in [6, 6.07) is 14.7. The van der Waals surface area contributed by atoms with Crippen molar-refractivity contribution >= 4 is 17.7 Å². The van der Waals surface area contributed by atoms with Gasteiger partial charge in [0.25, 0.3) is 0 Å². The molecule has 2 radical (unpaired) electrons. The molecule has 0 aromatic heterocycles. The Kier molecular flexibility index (Phi) is 16.9. The fourth-order valence-corrected chi connectivity index (χ4v) is 1.41. The average molecular weight is 344 g/mol. The van der Waals surface area contributed by atoms with Crippen LogP contribution in [0.1, 0.15) is 13.3 Å². The minimum Gasteiger partial charge on any atom is -0.168 e. The standard InChI is InChI=1S/C9H7.C5H5.C2H5.CH3.Si.Zr/c1-2-5-9-7-3-6-8(9)4-1;1-2-4-5-3-1;1-2;;;/h1-7H;1-3H,4H2;1H2,2H3;1H3;;/q4*-1;;. The second-order valence-electron chi connectivity index (χ2n) is 3.16. The quantitative estimate of drug-likeness (QED) is 0.477. The minimum absolute atomic E-state index is 0. The molecule has 0 nitrogen and oxygen atoms in total. The van der Waals surface area contributed by atoms with Crippen LogP contribution in [0.2, 0.25) is 0 Å². The topological polar surface area (TPSA) is 0 Å². The van der Waals surface area contributed by atoms with Crippen LogP contribution in [0.15, 0.2) is 60.7 Å². The van der Waals surface area contributed by atoms with Crippen molar-refractivity contribution in [1.29, 1.82) is 0 Å². The minimum atomic E-state index is 0. The molecule has 2 aromatic rings. The predicted molar refractivity (Wildman–Crippen MR) is 84.3 cm³/mol. The first-order chi connectivity index (χ1) is 8.97. The van der Waals surface area contributed by atoms with E-state index in [1.165, 1.54) is 34.1 Å². The van der Waals surface area contributed by atoms with Crippen LogP contribution in [0.25, 0.3) is 10.8 Å². The molecule has 0 N–H and O–H groups in total. The summed E-state index contributed by atoms with van der Waals surface area (Å²) >= 11 is 1.36. The van der Waals surface area contributed by atoms with Gasteiger partial charge in [-0.1, -0.05) is 6.07 Å². The number of allylic oxidation sites excluding steroid dienone is 4. The van der Waals surface area contributed by atoms with Gasteiger partial charge in [-0.25, -0.2) is 12.2 Å². The Morgan fingerprint density at radius 2 is 1.89 bits per heavy atom. The van der Waals surface area contributed by atoms with Gasteiger partial charge >= 0.3 is 30.2 Å². The van der Waals surface area contributed by atoms with Gasteiger partial charge in [-0.15, -0.1) is 36.1 Å². The summed E-state index contributed by atoms with van der Waals surface area (Å²) < 4.78 is 0. The Bertz CT molecular complexity index is 429. The third kappa shape index (κ3) is 9.02. The van der Waals surface area contributed by atoms with Crippen LogP contribution in [-0.2, 0) is 23.3 Å². The van der Waals surface area contributed by atoms with Crippen molar-refractivity contribution in [3.63, 3.8) is 0 Å². The van der Waals surface area contributed by atoms with E-state index >= 15 is 0 Å². The summed E-state index contributed by atoms with van der Waals surface area (Å²) in [6.45, 7) is 8.06. The summed E-state index contributed by atoms with van der Waals surface area (Å²) in [6.07, 6.45) is 10.0. The molecule has 0 saturated heterocycles. The van der Waals surface area contributed by atoms with Gasteiger partial charge in [0.2, 0.25) is 0 Å². The van der Waals surface area contributed by atoms with Gasteiger partial charge in [-0.2, -0.15) is 30.5 Å². The van der Waals surface area contributed by atoms with Crippen molar-refractivity contribution in [3.8, 4) is 0 Å². The molecule has 0 aliphatic heterocycles. The fourth-order valence-electron chi connectivity index (χ4n) is 1.41. The first-order valence-electron chi connectivity index (χ1n) is 5.75. The van der Waals surface area contributed by atoms with Crippen LogP contribution >= 0.6 is 0 Å². The second-order valence-corrected chi connectivity index (χ2v) is 3.16. The SMILES string of the molecule is [C-]1=CC=CC1.[CH2-]C.[CH3-].[Si]=[Zr].c1ccc2[cH-]ccc2c1. The second kappa shape index (κ2) is 15.5. The normalized spacial score (nSPS) is 9.95. The number of rotatable bonds is 0. The zero-order valence-electron chi connectivity index (χ0n) is 11.7. The molecule has 0 amide bonds. The van der Waals surface area contributed by atoms with Crippen LogP contribution in [0.4, 0.5) is 0 Å². The summed E-state index contributed by atoms with van der Waals surface area (Å²) in [5.41, 5.74) is 0. The van der Waals surface area contributed by atoms with Crippen LogP contribution in [0.3, 0.4) is 0 Å². The van der Waals surface area contributed by atoms with Gasteiger partial charge in [0.1, 0.15) is 0 Å². The van der Waals surface area contributed by atoms with Gasteiger partial charge in [0, 0.05) is 0 Å². The summed E-state index contributed by atoms with van der Waals surface area (Å²) in [4.78, 5) is 0. The molecular weight excluding hydrogens is 323 g/mol. The Hall–Kier alpha value is -0.590. The Balaban J connectivity index is 0. The number of fused-ring (bicyclic) bond motifs is 1. The van der Waals surface area contributed by atoms with Crippen molar-refractivity contribution in [3.05, 3.63) is 81.1 Å². The zero-order chi connectivity index (χ0) is 13.6. The predicted octanol–water partition coefficient (Wildman–Crippen LogP) is 4.77. The van der Waals surface area contributed by atoms with E-state index in [0.717, 1.165) is 6.42 Å². The molecule has 2 heteroatoms. The van der Waals surface area contributed by atoms with E-state index < -0.39 is 0 Å². The molecule has 3 rings (SSSR count). The molecule has 0 atom stereocenters. The molecule has 0 heterocycles. The number of hydrogen-bond donors (Lipinski definition) is 0. The number of hydrogen-bond acceptors (Lipinski definition) is 0. The third-order valence-corrected chi connectivity index (χ3v) is 2.13. The molecule has 2 aromatic carbocycles. The van der Waals surface area contributed by atoms with E-state index in [9.17, 15) is 0 Å². The van der Waals surface area contributed by atoms with E-state index in [2.05, 4.69) is 68.4 Å². The van der Waals surface area contributed by atoms with Gasteiger partial charge in [0.15, 0.2) is 0 Å². The van der Waals surface area contributed by atoms with Crippen LogP contribution in [0, 0.1) is 20.4 Å². The molecule has 0 bridgehead atoms. The molecule has 19 heavy (non-hydrogen) atoms. The maximum absolute atomic E-state index is 3.25. The van der Waals surface area contributed by atoms with Crippen LogP contribution < -0.4 is 0 Å². The summed E-state index contributed by atoms with van der Waals surface area (Å²) in [7, 11) is 0. The average Bonchev–Trinajstić information content (AvgIpc) is 3.17. The third-order valence-electron chi connectivity index (χ3n) is 2.13. The van der Waals surface area contributed by atoms with E-state index in [4.69, 9.17) is 0 Å². The Morgan fingerprint density at radius 3 is 2.37 bits per heavy atom. The molecule has 0 spiro atoms.